The highest BCUT2D eigenvalue weighted by atomic mass is 14.4. The Balaban J connectivity index is 2.06. The van der Waals surface area contributed by atoms with Gasteiger partial charge in [-0.05, 0) is 50.4 Å². The largest absolute Gasteiger partial charge is 0.0676 e. The van der Waals surface area contributed by atoms with Crippen LogP contribution in [0, 0.1) is 11.8 Å². The fraction of sp³-hybridized carbons (Fsp3) is 0.800. The van der Waals surface area contributed by atoms with Gasteiger partial charge in [-0.1, -0.05) is 11.1 Å². The lowest BCUT2D eigenvalue weighted by atomic mass is 9.94. The van der Waals surface area contributed by atoms with Gasteiger partial charge in [-0.15, -0.1) is 0 Å². The van der Waals surface area contributed by atoms with Gasteiger partial charge in [0.15, 0.2) is 0 Å². The maximum Gasteiger partial charge on any atom is -0.0195 e. The van der Waals surface area contributed by atoms with Crippen LogP contribution in [-0.4, -0.2) is 0 Å². The van der Waals surface area contributed by atoms with E-state index >= 15 is 0 Å². The second kappa shape index (κ2) is 1.66. The average Bonchev–Trinajstić information content (AvgIpc) is 2.60. The van der Waals surface area contributed by atoms with Crippen LogP contribution >= 0.6 is 0 Å². The van der Waals surface area contributed by atoms with E-state index in [1.54, 1.807) is 6.42 Å². The van der Waals surface area contributed by atoms with Gasteiger partial charge in [0.1, 0.15) is 0 Å². The maximum atomic E-state index is 1.91. The van der Waals surface area contributed by atoms with Gasteiger partial charge in [0.2, 0.25) is 0 Å². The first-order valence-electron chi connectivity index (χ1n) is 4.67. The van der Waals surface area contributed by atoms with Gasteiger partial charge in [-0.25, -0.2) is 0 Å². The van der Waals surface area contributed by atoms with E-state index in [1.165, 1.54) is 32.1 Å². The molecule has 3 aliphatic carbocycles. The molecule has 0 heteroatoms. The molecule has 0 aromatic carbocycles. The van der Waals surface area contributed by atoms with E-state index < -0.39 is 0 Å². The van der Waals surface area contributed by atoms with Crippen molar-refractivity contribution >= 4 is 0 Å². The number of allylic oxidation sites excluding steroid dienone is 2. The van der Waals surface area contributed by atoms with Crippen molar-refractivity contribution in [1.82, 2.24) is 0 Å². The molecule has 1 fully saturated rings. The summed E-state index contributed by atoms with van der Waals surface area (Å²) in [6.07, 6.45) is 9.03. The molecule has 0 aliphatic heterocycles. The van der Waals surface area contributed by atoms with Gasteiger partial charge in [0, 0.05) is 0 Å². The monoisotopic (exact) mass is 134 g/mol. The van der Waals surface area contributed by atoms with Crippen LogP contribution in [0.3, 0.4) is 0 Å². The highest BCUT2D eigenvalue weighted by molar-refractivity contribution is 5.32. The molecule has 54 valence electrons. The molecule has 0 amide bonds. The van der Waals surface area contributed by atoms with Crippen LogP contribution in [-0.2, 0) is 0 Å². The Morgan fingerprint density at radius 3 is 2.10 bits per heavy atom. The number of hydrogen-bond acceptors (Lipinski definition) is 0. The van der Waals surface area contributed by atoms with Crippen LogP contribution < -0.4 is 0 Å². The molecule has 2 atom stereocenters. The predicted octanol–water partition coefficient (Wildman–Crippen LogP) is 2.90. The minimum absolute atomic E-state index is 1.07. The SMILES string of the molecule is C1CC2=C(C1)[C@H]1CC[C@@H]2C1. The van der Waals surface area contributed by atoms with E-state index in [1.807, 2.05) is 11.1 Å². The molecule has 3 rings (SSSR count). The van der Waals surface area contributed by atoms with Crippen molar-refractivity contribution in [3.05, 3.63) is 11.1 Å². The smallest absolute Gasteiger partial charge is 0.0195 e. The molecule has 0 radical (unpaired) electrons. The van der Waals surface area contributed by atoms with Gasteiger partial charge in [0.25, 0.3) is 0 Å². The summed E-state index contributed by atoms with van der Waals surface area (Å²) in [5.74, 6) is 2.14. The minimum Gasteiger partial charge on any atom is -0.0676 e. The zero-order chi connectivity index (χ0) is 6.55. The highest BCUT2D eigenvalue weighted by Crippen LogP contribution is 2.54. The molecule has 3 aliphatic rings. The van der Waals surface area contributed by atoms with Gasteiger partial charge in [-0.3, -0.25) is 0 Å². The molecule has 0 saturated heterocycles. The first-order valence-corrected chi connectivity index (χ1v) is 4.67. The highest BCUT2D eigenvalue weighted by Gasteiger charge is 2.40. The lowest BCUT2D eigenvalue weighted by molar-refractivity contribution is 0.614. The third kappa shape index (κ3) is 0.492. The molecular weight excluding hydrogens is 120 g/mol. The van der Waals surface area contributed by atoms with E-state index in [4.69, 9.17) is 0 Å². The summed E-state index contributed by atoms with van der Waals surface area (Å²) in [6.45, 7) is 0. The topological polar surface area (TPSA) is 0 Å². The Hall–Kier alpha value is -0.260. The Morgan fingerprint density at radius 2 is 1.50 bits per heavy atom. The number of fused-ring (bicyclic) bond motifs is 4. The molecule has 0 heterocycles. The third-order valence-electron chi connectivity index (χ3n) is 3.72. The zero-order valence-corrected chi connectivity index (χ0v) is 6.40. The summed E-state index contributed by atoms with van der Waals surface area (Å²) in [4.78, 5) is 0. The molecule has 1 saturated carbocycles. The van der Waals surface area contributed by atoms with Crippen LogP contribution in [0.5, 0.6) is 0 Å². The molecule has 0 unspecified atom stereocenters. The fourth-order valence-corrected chi connectivity index (χ4v) is 3.34. The van der Waals surface area contributed by atoms with E-state index in [0.717, 1.165) is 11.8 Å². The van der Waals surface area contributed by atoms with Crippen LogP contribution in [0.1, 0.15) is 38.5 Å². The van der Waals surface area contributed by atoms with Gasteiger partial charge in [0.05, 0.1) is 0 Å². The lowest BCUT2D eigenvalue weighted by Crippen LogP contribution is -1.96. The van der Waals surface area contributed by atoms with Crippen molar-refractivity contribution in [2.24, 2.45) is 11.8 Å². The zero-order valence-electron chi connectivity index (χ0n) is 6.40. The Labute approximate surface area is 62.3 Å². The third-order valence-corrected chi connectivity index (χ3v) is 3.72. The van der Waals surface area contributed by atoms with Crippen molar-refractivity contribution in [1.29, 1.82) is 0 Å². The average molecular weight is 134 g/mol. The summed E-state index contributed by atoms with van der Waals surface area (Å²) >= 11 is 0. The molecule has 0 aromatic rings. The maximum absolute atomic E-state index is 1.91. The predicted molar refractivity (Wildman–Crippen MR) is 41.7 cm³/mol. The van der Waals surface area contributed by atoms with Crippen LogP contribution in [0.25, 0.3) is 0 Å². The van der Waals surface area contributed by atoms with E-state index in [9.17, 15) is 0 Å². The Kier molecular flexibility index (Phi) is 0.898. The van der Waals surface area contributed by atoms with Gasteiger partial charge < -0.3 is 0 Å². The second-order valence-electron chi connectivity index (χ2n) is 4.11. The summed E-state index contributed by atoms with van der Waals surface area (Å²) < 4.78 is 0. The van der Waals surface area contributed by atoms with Crippen molar-refractivity contribution < 1.29 is 0 Å². The minimum atomic E-state index is 1.07. The molecule has 0 spiro atoms. The molecule has 0 aromatic heterocycles. The quantitative estimate of drug-likeness (QED) is 0.447. The molecular formula is C10H14. The van der Waals surface area contributed by atoms with Crippen LogP contribution in [0.2, 0.25) is 0 Å². The van der Waals surface area contributed by atoms with E-state index in [2.05, 4.69) is 0 Å². The lowest BCUT2D eigenvalue weighted by Gasteiger charge is -2.11. The van der Waals surface area contributed by atoms with E-state index in [-0.39, 0.29) is 0 Å². The molecule has 0 N–H and O–H groups in total. The molecule has 2 bridgehead atoms. The summed E-state index contributed by atoms with van der Waals surface area (Å²) in [5.41, 5.74) is 3.83. The first-order chi connectivity index (χ1) is 4.95. The van der Waals surface area contributed by atoms with Gasteiger partial charge >= 0.3 is 0 Å². The second-order valence-corrected chi connectivity index (χ2v) is 4.11. The Bertz CT molecular complexity index is 180. The Morgan fingerprint density at radius 1 is 0.900 bits per heavy atom. The first kappa shape index (κ1) is 5.40. The van der Waals surface area contributed by atoms with Crippen molar-refractivity contribution in [2.45, 2.75) is 38.5 Å². The van der Waals surface area contributed by atoms with Crippen molar-refractivity contribution in [3.8, 4) is 0 Å². The molecule has 10 heavy (non-hydrogen) atoms. The summed E-state index contributed by atoms with van der Waals surface area (Å²) in [5, 5.41) is 0. The summed E-state index contributed by atoms with van der Waals surface area (Å²) in [6, 6.07) is 0. The van der Waals surface area contributed by atoms with Crippen LogP contribution in [0.4, 0.5) is 0 Å². The normalized spacial score (nSPS) is 43.2. The van der Waals surface area contributed by atoms with Gasteiger partial charge in [-0.2, -0.15) is 0 Å². The van der Waals surface area contributed by atoms with Crippen molar-refractivity contribution in [2.75, 3.05) is 0 Å². The van der Waals surface area contributed by atoms with Crippen molar-refractivity contribution in [3.63, 3.8) is 0 Å². The fourth-order valence-electron chi connectivity index (χ4n) is 3.34. The molecule has 0 nitrogen and oxygen atoms in total. The summed E-state index contributed by atoms with van der Waals surface area (Å²) in [7, 11) is 0. The number of rotatable bonds is 0. The number of hydrogen-bond donors (Lipinski definition) is 0. The van der Waals surface area contributed by atoms with E-state index in [0.29, 0.717) is 0 Å². The standard InChI is InChI=1S/C10H14/c1-2-9-7-4-5-8(6-7)10(9)3-1/h7-8H,1-6H2/t7-,8+. The van der Waals surface area contributed by atoms with Crippen LogP contribution in [0.15, 0.2) is 11.1 Å².